The zero-order valence-corrected chi connectivity index (χ0v) is 28.6. The Hall–Kier alpha value is -6.50. The van der Waals surface area contributed by atoms with E-state index in [4.69, 9.17) is 0 Å². The van der Waals surface area contributed by atoms with Gasteiger partial charge in [-0.2, -0.15) is 0 Å². The van der Waals surface area contributed by atoms with Crippen molar-refractivity contribution >= 4 is 38.8 Å². The van der Waals surface area contributed by atoms with Crippen molar-refractivity contribution in [3.63, 3.8) is 0 Å². The molecule has 0 amide bonds. The summed E-state index contributed by atoms with van der Waals surface area (Å²) in [6.07, 6.45) is 9.60. The lowest BCUT2D eigenvalue weighted by molar-refractivity contribution is 0.739. The summed E-state index contributed by atoms with van der Waals surface area (Å²) in [6.45, 7) is 0. The molecule has 0 heterocycles. The standard InChI is InChI=1S/C52H34/c1-3-14-33(15-4-1)47-32-46(35-28-26-34(27-29-35)45-30-37-18-7-9-20-39(37)41-22-11-12-23-42(41)45)49(36-16-5-2-6-17-36)52-48-31-38-19-8-10-21-40(38)43-24-13-25-44(50(43)48)51(47)52/h1-32,43,50H. The lowest BCUT2D eigenvalue weighted by atomic mass is 9.71. The molecule has 8 aromatic rings. The smallest absolute Gasteiger partial charge is 0.0206 e. The fourth-order valence-corrected chi connectivity index (χ4v) is 9.37. The van der Waals surface area contributed by atoms with Gasteiger partial charge in [0.15, 0.2) is 0 Å². The predicted molar refractivity (Wildman–Crippen MR) is 221 cm³/mol. The number of fused-ring (bicyclic) bond motifs is 8. The van der Waals surface area contributed by atoms with Crippen molar-refractivity contribution in [2.24, 2.45) is 5.92 Å². The van der Waals surface area contributed by atoms with Crippen LogP contribution >= 0.6 is 0 Å². The van der Waals surface area contributed by atoms with Crippen LogP contribution in [0.2, 0.25) is 0 Å². The second-order valence-corrected chi connectivity index (χ2v) is 14.3. The van der Waals surface area contributed by atoms with E-state index in [1.54, 1.807) is 0 Å². The number of rotatable bonds is 4. The Bertz CT molecular complexity index is 2810. The number of allylic oxidation sites excluding steroid dienone is 5. The third kappa shape index (κ3) is 4.34. The summed E-state index contributed by atoms with van der Waals surface area (Å²) in [5, 5.41) is 5.14. The number of benzene rings is 8. The van der Waals surface area contributed by atoms with Gasteiger partial charge in [0, 0.05) is 11.8 Å². The molecular formula is C52H34. The van der Waals surface area contributed by atoms with E-state index in [0.717, 1.165) is 0 Å². The molecule has 242 valence electrons. The van der Waals surface area contributed by atoms with Gasteiger partial charge in [-0.15, -0.1) is 0 Å². The molecule has 0 saturated heterocycles. The van der Waals surface area contributed by atoms with Crippen LogP contribution in [0.15, 0.2) is 188 Å². The Balaban J connectivity index is 1.19. The van der Waals surface area contributed by atoms with Gasteiger partial charge in [0.25, 0.3) is 0 Å². The average Bonchev–Trinajstić information content (AvgIpc) is 3.55. The Morgan fingerprint density at radius 3 is 1.77 bits per heavy atom. The molecular weight excluding hydrogens is 625 g/mol. The van der Waals surface area contributed by atoms with E-state index in [1.165, 1.54) is 99.5 Å². The lowest BCUT2D eigenvalue weighted by Crippen LogP contribution is -2.16. The third-order valence-corrected chi connectivity index (χ3v) is 11.6. The first-order valence-electron chi connectivity index (χ1n) is 18.3. The van der Waals surface area contributed by atoms with Crippen molar-refractivity contribution in [1.82, 2.24) is 0 Å². The minimum absolute atomic E-state index is 0.290. The molecule has 0 fully saturated rings. The summed E-state index contributed by atoms with van der Waals surface area (Å²) in [5.74, 6) is 0.606. The molecule has 0 aromatic heterocycles. The highest BCUT2D eigenvalue weighted by Gasteiger charge is 2.44. The van der Waals surface area contributed by atoms with Crippen LogP contribution < -0.4 is 0 Å². The average molecular weight is 659 g/mol. The van der Waals surface area contributed by atoms with Gasteiger partial charge < -0.3 is 0 Å². The van der Waals surface area contributed by atoms with Crippen LogP contribution in [-0.2, 0) is 0 Å². The zero-order valence-electron chi connectivity index (χ0n) is 28.6. The highest BCUT2D eigenvalue weighted by Crippen LogP contribution is 2.62. The zero-order chi connectivity index (χ0) is 34.2. The lowest BCUT2D eigenvalue weighted by Gasteiger charge is -2.32. The summed E-state index contributed by atoms with van der Waals surface area (Å²) in [5.41, 5.74) is 18.5. The van der Waals surface area contributed by atoms with Crippen LogP contribution in [0.3, 0.4) is 0 Å². The van der Waals surface area contributed by atoms with E-state index in [1.807, 2.05) is 0 Å². The molecule has 3 aliphatic rings. The molecule has 0 spiro atoms. The summed E-state index contributed by atoms with van der Waals surface area (Å²) in [7, 11) is 0. The first kappa shape index (κ1) is 29.3. The number of hydrogen-bond acceptors (Lipinski definition) is 0. The monoisotopic (exact) mass is 658 g/mol. The van der Waals surface area contributed by atoms with E-state index < -0.39 is 0 Å². The normalized spacial score (nSPS) is 16.6. The van der Waals surface area contributed by atoms with Crippen molar-refractivity contribution in [2.45, 2.75) is 5.92 Å². The maximum atomic E-state index is 2.49. The molecule has 2 atom stereocenters. The van der Waals surface area contributed by atoms with Crippen molar-refractivity contribution < 1.29 is 0 Å². The SMILES string of the molecule is C1=CC2c3ccccc3C=C3c4c(c(-c5ccccc5)cc(-c5ccc(-c6cc7ccccc7c7ccccc67)cc5)c4-c4ccccc4)C(=C1)C32. The van der Waals surface area contributed by atoms with Crippen molar-refractivity contribution in [1.29, 1.82) is 0 Å². The molecule has 0 heteroatoms. The van der Waals surface area contributed by atoms with Gasteiger partial charge in [-0.05, 0) is 112 Å². The Kier molecular flexibility index (Phi) is 6.48. The Labute approximate surface area is 304 Å². The summed E-state index contributed by atoms with van der Waals surface area (Å²) in [4.78, 5) is 0. The Morgan fingerprint density at radius 2 is 0.981 bits per heavy atom. The summed E-state index contributed by atoms with van der Waals surface area (Å²) < 4.78 is 0. The summed E-state index contributed by atoms with van der Waals surface area (Å²) >= 11 is 0. The van der Waals surface area contributed by atoms with Gasteiger partial charge in [0.1, 0.15) is 0 Å². The van der Waals surface area contributed by atoms with Crippen LogP contribution in [-0.4, -0.2) is 0 Å². The van der Waals surface area contributed by atoms with Gasteiger partial charge in [-0.1, -0.05) is 182 Å². The molecule has 52 heavy (non-hydrogen) atoms. The topological polar surface area (TPSA) is 0 Å². The van der Waals surface area contributed by atoms with E-state index in [0.29, 0.717) is 11.8 Å². The van der Waals surface area contributed by atoms with Crippen LogP contribution in [0.5, 0.6) is 0 Å². The van der Waals surface area contributed by atoms with Crippen LogP contribution in [0.25, 0.3) is 83.3 Å². The first-order valence-corrected chi connectivity index (χ1v) is 18.3. The molecule has 0 saturated carbocycles. The van der Waals surface area contributed by atoms with Crippen LogP contribution in [0.4, 0.5) is 0 Å². The molecule has 0 bridgehead atoms. The van der Waals surface area contributed by atoms with Gasteiger partial charge >= 0.3 is 0 Å². The van der Waals surface area contributed by atoms with E-state index >= 15 is 0 Å². The van der Waals surface area contributed by atoms with Crippen LogP contribution in [0, 0.1) is 5.92 Å². The molecule has 0 nitrogen and oxygen atoms in total. The largest absolute Gasteiger partial charge is 0.0760 e. The highest BCUT2D eigenvalue weighted by atomic mass is 14.5. The van der Waals surface area contributed by atoms with Crippen molar-refractivity contribution in [3.8, 4) is 44.5 Å². The molecule has 8 aromatic carbocycles. The molecule has 0 N–H and O–H groups in total. The van der Waals surface area contributed by atoms with E-state index in [-0.39, 0.29) is 0 Å². The first-order chi connectivity index (χ1) is 25.8. The molecule has 0 aliphatic heterocycles. The molecule has 11 rings (SSSR count). The number of hydrogen-bond donors (Lipinski definition) is 0. The van der Waals surface area contributed by atoms with Gasteiger partial charge in [0.2, 0.25) is 0 Å². The maximum Gasteiger partial charge on any atom is 0.0206 e. The fourth-order valence-electron chi connectivity index (χ4n) is 9.37. The molecule has 0 radical (unpaired) electrons. The van der Waals surface area contributed by atoms with Gasteiger partial charge in [0.05, 0.1) is 0 Å². The molecule has 2 unspecified atom stereocenters. The van der Waals surface area contributed by atoms with Crippen LogP contribution in [0.1, 0.15) is 28.2 Å². The van der Waals surface area contributed by atoms with Crippen molar-refractivity contribution in [2.75, 3.05) is 0 Å². The highest BCUT2D eigenvalue weighted by molar-refractivity contribution is 6.15. The quantitative estimate of drug-likeness (QED) is 0.165. The van der Waals surface area contributed by atoms with Crippen molar-refractivity contribution in [3.05, 3.63) is 210 Å². The second kappa shape index (κ2) is 11.5. The minimum atomic E-state index is 0.290. The summed E-state index contributed by atoms with van der Waals surface area (Å²) in [6, 6.07) is 62.8. The molecule has 3 aliphatic carbocycles. The second-order valence-electron chi connectivity index (χ2n) is 14.3. The van der Waals surface area contributed by atoms with E-state index in [9.17, 15) is 0 Å². The predicted octanol–water partition coefficient (Wildman–Crippen LogP) is 13.9. The maximum absolute atomic E-state index is 2.49. The Morgan fingerprint density at radius 1 is 0.385 bits per heavy atom. The fraction of sp³-hybridized carbons (Fsp3) is 0.0385. The van der Waals surface area contributed by atoms with Gasteiger partial charge in [-0.25, -0.2) is 0 Å². The third-order valence-electron chi connectivity index (χ3n) is 11.6. The van der Waals surface area contributed by atoms with Gasteiger partial charge in [-0.3, -0.25) is 0 Å². The minimum Gasteiger partial charge on any atom is -0.0760 e. The van der Waals surface area contributed by atoms with E-state index in [2.05, 4.69) is 194 Å².